The van der Waals surface area contributed by atoms with E-state index < -0.39 is 5.82 Å². The number of carbonyl (C=O) groups excluding carboxylic acids is 1. The molecule has 0 aromatic heterocycles. The molecule has 0 atom stereocenters. The number of Topliss-reactive ketones (excluding diaryl/α,β-unsaturated/α-hetero) is 1. The third-order valence-electron chi connectivity index (χ3n) is 2.84. The Bertz CT molecular complexity index is 638. The molecule has 19 heavy (non-hydrogen) atoms. The van der Waals surface area contributed by atoms with Crippen LogP contribution in [0, 0.1) is 12.7 Å². The second kappa shape index (κ2) is 5.72. The monoisotopic (exact) mass is 296 g/mol. The summed E-state index contributed by atoms with van der Waals surface area (Å²) in [4.78, 5) is 12.1. The van der Waals surface area contributed by atoms with E-state index in [1.54, 1.807) is 37.3 Å². The maximum atomic E-state index is 13.8. The molecule has 0 amide bonds. The molecule has 0 fully saturated rings. The zero-order chi connectivity index (χ0) is 14.0. The Balaban J connectivity index is 2.26. The van der Waals surface area contributed by atoms with Gasteiger partial charge in [-0.15, -0.1) is 0 Å². The van der Waals surface area contributed by atoms with Crippen LogP contribution in [-0.2, 0) is 6.42 Å². The highest BCUT2D eigenvalue weighted by molar-refractivity contribution is 6.42. The van der Waals surface area contributed by atoms with Crippen molar-refractivity contribution < 1.29 is 9.18 Å². The second-order valence-corrected chi connectivity index (χ2v) is 5.10. The number of rotatable bonds is 3. The van der Waals surface area contributed by atoms with Gasteiger partial charge in [-0.3, -0.25) is 4.79 Å². The van der Waals surface area contributed by atoms with Gasteiger partial charge in [0, 0.05) is 6.42 Å². The fourth-order valence-electron chi connectivity index (χ4n) is 1.79. The molecule has 0 N–H and O–H groups in total. The predicted molar refractivity (Wildman–Crippen MR) is 75.6 cm³/mol. The Morgan fingerprint density at radius 1 is 1.16 bits per heavy atom. The number of carbonyl (C=O) groups is 1. The van der Waals surface area contributed by atoms with Crippen LogP contribution >= 0.6 is 23.2 Å². The molecular formula is C15H11Cl2FO. The topological polar surface area (TPSA) is 17.1 Å². The highest BCUT2D eigenvalue weighted by atomic mass is 35.5. The van der Waals surface area contributed by atoms with Gasteiger partial charge in [-0.1, -0.05) is 41.4 Å². The molecular weight excluding hydrogens is 286 g/mol. The van der Waals surface area contributed by atoms with Crippen LogP contribution in [0.3, 0.4) is 0 Å². The summed E-state index contributed by atoms with van der Waals surface area (Å²) >= 11 is 11.7. The normalized spacial score (nSPS) is 10.5. The fraction of sp³-hybridized carbons (Fsp3) is 0.133. The average Bonchev–Trinajstić information content (AvgIpc) is 2.37. The first kappa shape index (κ1) is 14.0. The third kappa shape index (κ3) is 3.14. The maximum Gasteiger partial charge on any atom is 0.170 e. The van der Waals surface area contributed by atoms with Gasteiger partial charge in [0.15, 0.2) is 5.78 Å². The van der Waals surface area contributed by atoms with E-state index >= 15 is 0 Å². The van der Waals surface area contributed by atoms with Crippen molar-refractivity contribution in [3.05, 3.63) is 69.0 Å². The standard InChI is InChI=1S/C15H11Cl2FO/c1-9-3-2-4-11(15(9)18)14(19)8-10-5-6-12(16)13(17)7-10/h2-7H,8H2,1H3. The molecule has 0 radical (unpaired) electrons. The Morgan fingerprint density at radius 3 is 2.58 bits per heavy atom. The van der Waals surface area contributed by atoms with Gasteiger partial charge in [-0.25, -0.2) is 4.39 Å². The third-order valence-corrected chi connectivity index (χ3v) is 3.58. The zero-order valence-corrected chi connectivity index (χ0v) is 11.7. The molecule has 0 saturated heterocycles. The molecule has 1 nitrogen and oxygen atoms in total. The quantitative estimate of drug-likeness (QED) is 0.739. The first-order valence-electron chi connectivity index (χ1n) is 5.71. The number of halogens is 3. The van der Waals surface area contributed by atoms with E-state index in [0.29, 0.717) is 21.2 Å². The molecule has 4 heteroatoms. The van der Waals surface area contributed by atoms with Gasteiger partial charge in [-0.05, 0) is 36.2 Å². The lowest BCUT2D eigenvalue weighted by atomic mass is 10.0. The van der Waals surface area contributed by atoms with Crippen molar-refractivity contribution in [3.63, 3.8) is 0 Å². The van der Waals surface area contributed by atoms with E-state index in [0.717, 1.165) is 0 Å². The summed E-state index contributed by atoms with van der Waals surface area (Å²) in [5, 5.41) is 0.816. The van der Waals surface area contributed by atoms with Crippen molar-refractivity contribution >= 4 is 29.0 Å². The second-order valence-electron chi connectivity index (χ2n) is 4.28. The number of ketones is 1. The van der Waals surface area contributed by atoms with Crippen LogP contribution in [0.25, 0.3) is 0 Å². The first-order chi connectivity index (χ1) is 8.99. The van der Waals surface area contributed by atoms with Crippen LogP contribution in [0.5, 0.6) is 0 Å². The van der Waals surface area contributed by atoms with E-state index in [2.05, 4.69) is 0 Å². The van der Waals surface area contributed by atoms with Crippen LogP contribution in [0.4, 0.5) is 4.39 Å². The van der Waals surface area contributed by atoms with Gasteiger partial charge < -0.3 is 0 Å². The lowest BCUT2D eigenvalue weighted by molar-refractivity contribution is 0.0989. The lowest BCUT2D eigenvalue weighted by Gasteiger charge is -2.06. The summed E-state index contributed by atoms with van der Waals surface area (Å²) in [6.45, 7) is 1.63. The molecule has 2 rings (SSSR count). The van der Waals surface area contributed by atoms with Crippen molar-refractivity contribution in [2.75, 3.05) is 0 Å². The molecule has 0 aliphatic rings. The van der Waals surface area contributed by atoms with E-state index in [1.807, 2.05) is 0 Å². The van der Waals surface area contributed by atoms with Crippen molar-refractivity contribution in [2.45, 2.75) is 13.3 Å². The highest BCUT2D eigenvalue weighted by Crippen LogP contribution is 2.23. The minimum Gasteiger partial charge on any atom is -0.294 e. The lowest BCUT2D eigenvalue weighted by Crippen LogP contribution is -2.07. The van der Waals surface area contributed by atoms with Crippen molar-refractivity contribution in [1.82, 2.24) is 0 Å². The SMILES string of the molecule is Cc1cccc(C(=O)Cc2ccc(Cl)c(Cl)c2)c1F. The van der Waals surface area contributed by atoms with E-state index in [4.69, 9.17) is 23.2 Å². The largest absolute Gasteiger partial charge is 0.294 e. The number of hydrogen-bond acceptors (Lipinski definition) is 1. The van der Waals surface area contributed by atoms with Crippen LogP contribution in [-0.4, -0.2) is 5.78 Å². The summed E-state index contributed by atoms with van der Waals surface area (Å²) in [5.74, 6) is -0.743. The van der Waals surface area contributed by atoms with Crippen molar-refractivity contribution in [3.8, 4) is 0 Å². The maximum absolute atomic E-state index is 13.8. The van der Waals surface area contributed by atoms with Gasteiger partial charge in [0.05, 0.1) is 15.6 Å². The molecule has 0 saturated carbocycles. The molecule has 0 spiro atoms. The van der Waals surface area contributed by atoms with Crippen LogP contribution in [0.15, 0.2) is 36.4 Å². The summed E-state index contributed by atoms with van der Waals surface area (Å²) in [6.07, 6.45) is 0.0945. The van der Waals surface area contributed by atoms with E-state index in [-0.39, 0.29) is 17.8 Å². The summed E-state index contributed by atoms with van der Waals surface area (Å²) < 4.78 is 13.8. The van der Waals surface area contributed by atoms with Crippen molar-refractivity contribution in [2.24, 2.45) is 0 Å². The Kier molecular flexibility index (Phi) is 4.23. The number of aryl methyl sites for hydroxylation is 1. The number of benzene rings is 2. The van der Waals surface area contributed by atoms with E-state index in [9.17, 15) is 9.18 Å². The first-order valence-corrected chi connectivity index (χ1v) is 6.47. The molecule has 0 aliphatic heterocycles. The Morgan fingerprint density at radius 2 is 1.89 bits per heavy atom. The molecule has 2 aromatic carbocycles. The summed E-state index contributed by atoms with van der Waals surface area (Å²) in [5.41, 5.74) is 1.27. The van der Waals surface area contributed by atoms with Gasteiger partial charge in [0.2, 0.25) is 0 Å². The minimum atomic E-state index is -0.465. The van der Waals surface area contributed by atoms with Gasteiger partial charge in [-0.2, -0.15) is 0 Å². The smallest absolute Gasteiger partial charge is 0.170 e. The number of hydrogen-bond donors (Lipinski definition) is 0. The Labute approximate surface area is 121 Å². The molecule has 0 bridgehead atoms. The van der Waals surface area contributed by atoms with Crippen LogP contribution in [0.2, 0.25) is 10.0 Å². The molecule has 0 unspecified atom stereocenters. The molecule has 2 aromatic rings. The zero-order valence-electron chi connectivity index (χ0n) is 10.2. The van der Waals surface area contributed by atoms with Crippen molar-refractivity contribution in [1.29, 1.82) is 0 Å². The molecule has 0 aliphatic carbocycles. The average molecular weight is 297 g/mol. The Hall–Kier alpha value is -1.38. The minimum absolute atomic E-state index is 0.0945. The summed E-state index contributed by atoms with van der Waals surface area (Å²) in [6, 6.07) is 9.74. The molecule has 98 valence electrons. The summed E-state index contributed by atoms with van der Waals surface area (Å²) in [7, 11) is 0. The fourth-order valence-corrected chi connectivity index (χ4v) is 2.11. The van der Waals surface area contributed by atoms with Crippen LogP contribution < -0.4 is 0 Å². The van der Waals surface area contributed by atoms with Gasteiger partial charge in [0.1, 0.15) is 5.82 Å². The molecule has 0 heterocycles. The van der Waals surface area contributed by atoms with Gasteiger partial charge in [0.25, 0.3) is 0 Å². The van der Waals surface area contributed by atoms with Crippen LogP contribution in [0.1, 0.15) is 21.5 Å². The van der Waals surface area contributed by atoms with Gasteiger partial charge >= 0.3 is 0 Å². The predicted octanol–water partition coefficient (Wildman–Crippen LogP) is 4.87. The van der Waals surface area contributed by atoms with E-state index in [1.165, 1.54) is 6.07 Å². The highest BCUT2D eigenvalue weighted by Gasteiger charge is 2.14.